The first kappa shape index (κ1) is 20.7. The van der Waals surface area contributed by atoms with E-state index in [-0.39, 0.29) is 24.2 Å². The minimum atomic E-state index is -3.68. The predicted octanol–water partition coefficient (Wildman–Crippen LogP) is 0.909. The number of rotatable bonds is 4. The van der Waals surface area contributed by atoms with Crippen molar-refractivity contribution in [3.63, 3.8) is 0 Å². The molecule has 152 valence electrons. The summed E-state index contributed by atoms with van der Waals surface area (Å²) in [5, 5.41) is -0.755. The third-order valence-corrected chi connectivity index (χ3v) is 6.87. The second-order valence-electron chi connectivity index (χ2n) is 8.63. The van der Waals surface area contributed by atoms with Gasteiger partial charge in [-0.25, -0.2) is 17.6 Å². The number of alkyl halides is 1. The molecule has 0 spiro atoms. The highest BCUT2D eigenvalue weighted by Gasteiger charge is 2.32. The van der Waals surface area contributed by atoms with Crippen LogP contribution >= 0.6 is 0 Å². The molecular weight excluding hydrogens is 381 g/mol. The molecule has 0 bridgehead atoms. The molecule has 0 aliphatic heterocycles. The molecule has 1 heterocycles. The Morgan fingerprint density at radius 1 is 1.29 bits per heavy atom. The summed E-state index contributed by atoms with van der Waals surface area (Å²) in [7, 11) is -3.68. The van der Waals surface area contributed by atoms with E-state index in [1.807, 2.05) is 20.8 Å². The molecule has 0 saturated heterocycles. The molecule has 2 aliphatic rings. The molecule has 0 radical (unpaired) electrons. The normalized spacial score (nSPS) is 24.5. The number of nitrogens with two attached hydrogens (primary N) is 1. The van der Waals surface area contributed by atoms with Crippen molar-refractivity contribution in [1.29, 1.82) is 0 Å². The molecule has 3 atom stereocenters. The van der Waals surface area contributed by atoms with Gasteiger partial charge in [0.15, 0.2) is 0 Å². The molecule has 1 amide bonds. The second kappa shape index (κ2) is 7.40. The Morgan fingerprint density at radius 3 is 2.61 bits per heavy atom. The highest BCUT2D eigenvalue weighted by molar-refractivity contribution is 7.90. The third-order valence-electron chi connectivity index (χ3n) is 4.92. The van der Waals surface area contributed by atoms with E-state index >= 15 is 0 Å². The maximum absolute atomic E-state index is 13.3. The van der Waals surface area contributed by atoms with Crippen LogP contribution in [0.3, 0.4) is 0 Å². The lowest BCUT2D eigenvalue weighted by Gasteiger charge is -2.19. The summed E-state index contributed by atoms with van der Waals surface area (Å²) in [6, 6.07) is -0.656. The van der Waals surface area contributed by atoms with Crippen LogP contribution in [-0.2, 0) is 14.8 Å². The molecule has 0 aromatic carbocycles. The second-order valence-corrected chi connectivity index (χ2v) is 10.7. The molecule has 2 aliphatic carbocycles. The van der Waals surface area contributed by atoms with Crippen LogP contribution < -0.4 is 10.7 Å². The van der Waals surface area contributed by atoms with Gasteiger partial charge in [-0.1, -0.05) is 32.9 Å². The van der Waals surface area contributed by atoms with Gasteiger partial charge in [-0.3, -0.25) is 3.97 Å². The summed E-state index contributed by atoms with van der Waals surface area (Å²) in [6.07, 6.45) is 9.10. The quantitative estimate of drug-likeness (QED) is 0.724. The summed E-state index contributed by atoms with van der Waals surface area (Å²) in [5.74, 6) is -0.303. The maximum atomic E-state index is 13.3. The Hall–Kier alpha value is -2.06. The zero-order valence-corrected chi connectivity index (χ0v) is 17.2. The average Bonchev–Trinajstić information content (AvgIpc) is 3.16. The minimum Gasteiger partial charge on any atom is -0.316 e. The predicted molar refractivity (Wildman–Crippen MR) is 107 cm³/mol. The van der Waals surface area contributed by atoms with Gasteiger partial charge in [-0.05, 0) is 30.8 Å². The van der Waals surface area contributed by atoms with Crippen LogP contribution in [0.5, 0.6) is 0 Å². The number of carbonyl (C=O) groups is 1. The molecule has 6 nitrogen and oxygen atoms in total. The number of allylic oxidation sites excluding steroid dienone is 2. The number of hydrogen-bond donors (Lipinski definition) is 2. The van der Waals surface area contributed by atoms with Crippen LogP contribution in [0, 0.1) is 5.41 Å². The van der Waals surface area contributed by atoms with Crippen LogP contribution in [-0.4, -0.2) is 41.5 Å². The molecular formula is C20H27FN3O3S+. The lowest BCUT2D eigenvalue weighted by molar-refractivity contribution is -0.378. The topological polar surface area (TPSA) is 96.1 Å². The molecule has 1 aromatic heterocycles. The Bertz CT molecular complexity index is 967. The number of aromatic nitrogens is 1. The van der Waals surface area contributed by atoms with Crippen LogP contribution in [0.4, 0.5) is 4.39 Å². The first-order valence-corrected chi connectivity index (χ1v) is 10.9. The summed E-state index contributed by atoms with van der Waals surface area (Å²) >= 11 is 0. The van der Waals surface area contributed by atoms with Crippen molar-refractivity contribution in [1.82, 2.24) is 3.97 Å². The number of amides is 1. The smallest absolute Gasteiger partial charge is 0.316 e. The van der Waals surface area contributed by atoms with Gasteiger partial charge in [0, 0.05) is 24.0 Å². The highest BCUT2D eigenvalue weighted by Crippen LogP contribution is 2.26. The van der Waals surface area contributed by atoms with Gasteiger partial charge in [0.1, 0.15) is 12.2 Å². The minimum absolute atomic E-state index is 0.0817. The number of carbonyl (C=O) groups excluding carboxylic acids is 1. The molecule has 0 fully saturated rings. The number of nitrogens with zero attached hydrogens (tertiary/aromatic N) is 1. The van der Waals surface area contributed by atoms with Crippen molar-refractivity contribution in [2.45, 2.75) is 57.5 Å². The zero-order valence-electron chi connectivity index (χ0n) is 16.4. The van der Waals surface area contributed by atoms with E-state index in [4.69, 9.17) is 5.73 Å². The molecule has 28 heavy (non-hydrogen) atoms. The summed E-state index contributed by atoms with van der Waals surface area (Å²) in [5.41, 5.74) is 7.77. The molecule has 3 N–H and O–H groups in total. The monoisotopic (exact) mass is 408 g/mol. The number of nitrogens with one attached hydrogen (secondary N) is 1. The Balaban J connectivity index is 1.83. The Kier molecular flexibility index (Phi) is 5.46. The van der Waals surface area contributed by atoms with Crippen LogP contribution in [0.2, 0.25) is 0 Å². The Morgan fingerprint density at radius 2 is 2.00 bits per heavy atom. The average molecular weight is 409 g/mol. The first-order chi connectivity index (χ1) is 13.0. The molecule has 1 unspecified atom stereocenters. The van der Waals surface area contributed by atoms with Crippen LogP contribution in [0.1, 0.15) is 51.2 Å². The standard InChI is InChI=1S/C20H26FN3O3S/c1-20(2,3)10-17(22)19(25)23-18-9-4-13-11-24(12-16(13)18)28(26,27)15-7-5-14(21)6-8-15/h4-5,7,9,11-12,14-15,17H,6,8,10,22H2,1-3H3/p+1/t14-,15?,17+/m1/s1. The van der Waals surface area contributed by atoms with E-state index in [0.29, 0.717) is 23.3 Å². The van der Waals surface area contributed by atoms with E-state index in [0.717, 1.165) is 3.97 Å². The number of fused-ring (bicyclic) bond motifs is 1. The summed E-state index contributed by atoms with van der Waals surface area (Å²) in [6.45, 7) is 6.03. The van der Waals surface area contributed by atoms with Crippen molar-refractivity contribution in [2.24, 2.45) is 11.1 Å². The third kappa shape index (κ3) is 4.33. The summed E-state index contributed by atoms with van der Waals surface area (Å²) in [4.78, 5) is 15.2. The van der Waals surface area contributed by atoms with Gasteiger partial charge in [0.05, 0.1) is 10.8 Å². The molecule has 0 saturated carbocycles. The van der Waals surface area contributed by atoms with E-state index < -0.39 is 27.5 Å². The van der Waals surface area contributed by atoms with Gasteiger partial charge in [0.25, 0.3) is 0 Å². The number of halogens is 1. The van der Waals surface area contributed by atoms with E-state index in [1.165, 1.54) is 24.5 Å². The first-order valence-electron chi connectivity index (χ1n) is 9.38. The summed E-state index contributed by atoms with van der Waals surface area (Å²) < 4.78 is 40.1. The van der Waals surface area contributed by atoms with Crippen molar-refractivity contribution >= 4 is 27.7 Å². The van der Waals surface area contributed by atoms with E-state index in [9.17, 15) is 17.6 Å². The number of hydrogen-bond acceptors (Lipinski definition) is 4. The fourth-order valence-corrected chi connectivity index (χ4v) is 5.01. The van der Waals surface area contributed by atoms with Crippen molar-refractivity contribution in [2.75, 3.05) is 0 Å². The van der Waals surface area contributed by atoms with Crippen molar-refractivity contribution < 1.29 is 22.6 Å². The lowest BCUT2D eigenvalue weighted by Crippen LogP contribution is -2.81. The van der Waals surface area contributed by atoms with Crippen molar-refractivity contribution in [3.05, 3.63) is 41.7 Å². The SMILES string of the molecule is CC(C)(C)C[C@H](N)C(=O)[NH+]=C1C=Cc2cn(S(=O)(=O)C3C=C[C@@H](F)CC3)cc21. The zero-order chi connectivity index (χ0) is 20.7. The van der Waals surface area contributed by atoms with Crippen molar-refractivity contribution in [3.8, 4) is 0 Å². The maximum Gasteiger partial charge on any atom is 0.402 e. The van der Waals surface area contributed by atoms with E-state index in [1.54, 1.807) is 12.2 Å². The van der Waals surface area contributed by atoms with Crippen LogP contribution in [0.15, 0.2) is 30.6 Å². The lowest BCUT2D eigenvalue weighted by atomic mass is 9.88. The van der Waals surface area contributed by atoms with Crippen LogP contribution in [0.25, 0.3) is 6.08 Å². The van der Waals surface area contributed by atoms with Gasteiger partial charge in [-0.2, -0.15) is 4.99 Å². The molecule has 1 aromatic rings. The van der Waals surface area contributed by atoms with Gasteiger partial charge in [0.2, 0.25) is 15.7 Å². The highest BCUT2D eigenvalue weighted by atomic mass is 32.2. The largest absolute Gasteiger partial charge is 0.402 e. The van der Waals surface area contributed by atoms with Gasteiger partial charge >= 0.3 is 5.91 Å². The van der Waals surface area contributed by atoms with E-state index in [2.05, 4.69) is 4.99 Å². The molecule has 3 rings (SSSR count). The molecule has 8 heteroatoms. The fourth-order valence-electron chi connectivity index (χ4n) is 3.47. The van der Waals surface area contributed by atoms with Gasteiger partial charge in [-0.15, -0.1) is 0 Å². The van der Waals surface area contributed by atoms with Gasteiger partial charge < -0.3 is 5.73 Å². The fraction of sp³-hybridized carbons (Fsp3) is 0.500. The Labute approximate surface area is 165 Å².